The van der Waals surface area contributed by atoms with Crippen molar-refractivity contribution in [1.29, 1.82) is 0 Å². The van der Waals surface area contributed by atoms with E-state index in [9.17, 15) is 4.79 Å². The highest BCUT2D eigenvalue weighted by Crippen LogP contribution is 2.07. The van der Waals surface area contributed by atoms with Gasteiger partial charge in [-0.05, 0) is 12.1 Å². The molecule has 0 saturated heterocycles. The zero-order valence-electron chi connectivity index (χ0n) is 8.43. The number of carbonyl (C=O) groups is 1. The molecule has 1 N–H and O–H groups in total. The minimum absolute atomic E-state index is 0.254. The first-order chi connectivity index (χ1) is 7.33. The second kappa shape index (κ2) is 6.67. The van der Waals surface area contributed by atoms with E-state index in [0.717, 1.165) is 5.75 Å². The molecule has 0 aromatic heterocycles. The van der Waals surface area contributed by atoms with Crippen molar-refractivity contribution in [2.75, 3.05) is 20.3 Å². The minimum Gasteiger partial charge on any atom is -0.491 e. The van der Waals surface area contributed by atoms with Crippen molar-refractivity contribution in [1.82, 2.24) is 5.48 Å². The van der Waals surface area contributed by atoms with Crippen molar-refractivity contribution in [2.45, 2.75) is 0 Å². The highest BCUT2D eigenvalue weighted by Gasteiger charge is 1.97. The maximum atomic E-state index is 10.5. The van der Waals surface area contributed by atoms with Crippen molar-refractivity contribution < 1.29 is 19.1 Å². The number of carbonyl (C=O) groups excluding carboxylic acids is 1. The van der Waals surface area contributed by atoms with Crippen molar-refractivity contribution in [2.24, 2.45) is 0 Å². The second-order valence-corrected chi connectivity index (χ2v) is 2.60. The number of rotatable bonds is 5. The molecule has 1 aromatic carbocycles. The summed E-state index contributed by atoms with van der Waals surface area (Å²) in [6.45, 7) is 0.609. The molecule has 1 amide bonds. The minimum atomic E-state index is -0.630. The maximum absolute atomic E-state index is 10.5. The van der Waals surface area contributed by atoms with Crippen LogP contribution in [0, 0.1) is 0 Å². The molecule has 0 atom stereocenters. The Morgan fingerprint density at radius 3 is 2.67 bits per heavy atom. The van der Waals surface area contributed by atoms with Gasteiger partial charge in [0.1, 0.15) is 19.0 Å². The van der Waals surface area contributed by atoms with E-state index < -0.39 is 6.09 Å². The molecule has 0 heterocycles. The standard InChI is InChI=1S/C10H13NO4/c1-13-10(12)11-15-8-7-14-9-5-3-2-4-6-9/h2-6H,7-8H2,1H3,(H,11,12). The fourth-order valence-electron chi connectivity index (χ4n) is 0.870. The van der Waals surface area contributed by atoms with Crippen LogP contribution >= 0.6 is 0 Å². The SMILES string of the molecule is COC(=O)NOCCOc1ccccc1. The average molecular weight is 211 g/mol. The van der Waals surface area contributed by atoms with Gasteiger partial charge < -0.3 is 9.47 Å². The van der Waals surface area contributed by atoms with Gasteiger partial charge in [-0.2, -0.15) is 5.48 Å². The molecule has 15 heavy (non-hydrogen) atoms. The first-order valence-electron chi connectivity index (χ1n) is 4.46. The smallest absolute Gasteiger partial charge is 0.431 e. The zero-order chi connectivity index (χ0) is 10.9. The van der Waals surface area contributed by atoms with Crippen LogP contribution in [0.2, 0.25) is 0 Å². The topological polar surface area (TPSA) is 56.8 Å². The quantitative estimate of drug-likeness (QED) is 0.590. The molecule has 1 aromatic rings. The summed E-state index contributed by atoms with van der Waals surface area (Å²) >= 11 is 0. The molecule has 0 saturated carbocycles. The van der Waals surface area contributed by atoms with Gasteiger partial charge in [-0.1, -0.05) is 18.2 Å². The summed E-state index contributed by atoms with van der Waals surface area (Å²) in [5.74, 6) is 0.763. The molecule has 5 nitrogen and oxygen atoms in total. The van der Waals surface area contributed by atoms with Crippen LogP contribution in [0.1, 0.15) is 0 Å². The number of para-hydroxylation sites is 1. The van der Waals surface area contributed by atoms with Gasteiger partial charge in [-0.25, -0.2) is 4.79 Å². The van der Waals surface area contributed by atoms with Crippen LogP contribution < -0.4 is 10.2 Å². The summed E-state index contributed by atoms with van der Waals surface area (Å²) < 4.78 is 9.60. The van der Waals surface area contributed by atoms with Crippen LogP contribution in [-0.2, 0) is 9.57 Å². The van der Waals surface area contributed by atoms with Gasteiger partial charge in [0.2, 0.25) is 0 Å². The van der Waals surface area contributed by atoms with E-state index in [1.165, 1.54) is 7.11 Å². The Morgan fingerprint density at radius 2 is 2.00 bits per heavy atom. The Balaban J connectivity index is 2.05. The number of amides is 1. The number of benzene rings is 1. The first-order valence-corrected chi connectivity index (χ1v) is 4.46. The van der Waals surface area contributed by atoms with E-state index in [2.05, 4.69) is 10.2 Å². The first kappa shape index (κ1) is 11.3. The summed E-state index contributed by atoms with van der Waals surface area (Å²) in [5.41, 5.74) is 2.08. The van der Waals surface area contributed by atoms with Crippen molar-refractivity contribution >= 4 is 6.09 Å². The van der Waals surface area contributed by atoms with E-state index in [0.29, 0.717) is 6.61 Å². The lowest BCUT2D eigenvalue weighted by molar-refractivity contribution is 0.0208. The summed E-state index contributed by atoms with van der Waals surface area (Å²) in [7, 11) is 1.26. The predicted octanol–water partition coefficient (Wildman–Crippen LogP) is 1.35. The molecule has 0 unspecified atom stereocenters. The number of hydroxylamine groups is 1. The van der Waals surface area contributed by atoms with Gasteiger partial charge in [0.15, 0.2) is 0 Å². The summed E-state index contributed by atoms with van der Waals surface area (Å²) in [6.07, 6.45) is -0.630. The highest BCUT2D eigenvalue weighted by atomic mass is 16.7. The molecule has 0 radical (unpaired) electrons. The van der Waals surface area contributed by atoms with Crippen LogP contribution in [0.3, 0.4) is 0 Å². The van der Waals surface area contributed by atoms with Crippen LogP contribution in [0.15, 0.2) is 30.3 Å². The Morgan fingerprint density at radius 1 is 1.27 bits per heavy atom. The highest BCUT2D eigenvalue weighted by molar-refractivity contribution is 5.65. The van der Waals surface area contributed by atoms with Gasteiger partial charge in [-0.3, -0.25) is 4.84 Å². The third kappa shape index (κ3) is 4.87. The van der Waals surface area contributed by atoms with E-state index in [1.807, 2.05) is 30.3 Å². The van der Waals surface area contributed by atoms with E-state index in [4.69, 9.17) is 9.57 Å². The van der Waals surface area contributed by atoms with Gasteiger partial charge in [0, 0.05) is 0 Å². The van der Waals surface area contributed by atoms with Crippen molar-refractivity contribution in [3.05, 3.63) is 30.3 Å². The number of hydrogen-bond acceptors (Lipinski definition) is 4. The van der Waals surface area contributed by atoms with E-state index in [-0.39, 0.29) is 6.61 Å². The van der Waals surface area contributed by atoms with Gasteiger partial charge in [0.05, 0.1) is 7.11 Å². The Kier molecular flexibility index (Phi) is 5.03. The fourth-order valence-corrected chi connectivity index (χ4v) is 0.870. The number of methoxy groups -OCH3 is 1. The molecule has 0 aliphatic rings. The third-order valence-electron chi connectivity index (χ3n) is 1.54. The molecule has 0 spiro atoms. The molecule has 0 aliphatic heterocycles. The molecule has 0 aliphatic carbocycles. The maximum Gasteiger partial charge on any atom is 0.431 e. The summed E-state index contributed by atoms with van der Waals surface area (Å²) in [4.78, 5) is 15.3. The predicted molar refractivity (Wildman–Crippen MR) is 53.4 cm³/mol. The zero-order valence-corrected chi connectivity index (χ0v) is 8.43. The Hall–Kier alpha value is -1.75. The average Bonchev–Trinajstić information content (AvgIpc) is 2.29. The molecule has 5 heteroatoms. The van der Waals surface area contributed by atoms with Crippen LogP contribution in [0.4, 0.5) is 4.79 Å². The molecule has 1 rings (SSSR count). The number of nitrogens with one attached hydrogen (secondary N) is 1. The molecule has 0 bridgehead atoms. The molecular formula is C10H13NO4. The monoisotopic (exact) mass is 211 g/mol. The molecular weight excluding hydrogens is 198 g/mol. The number of ether oxygens (including phenoxy) is 2. The van der Waals surface area contributed by atoms with E-state index >= 15 is 0 Å². The second-order valence-electron chi connectivity index (χ2n) is 2.60. The summed E-state index contributed by atoms with van der Waals surface area (Å²) in [6, 6.07) is 9.34. The lowest BCUT2D eigenvalue weighted by Gasteiger charge is -2.06. The van der Waals surface area contributed by atoms with E-state index in [1.54, 1.807) is 0 Å². The van der Waals surface area contributed by atoms with Crippen LogP contribution in [0.5, 0.6) is 5.75 Å². The fraction of sp³-hybridized carbons (Fsp3) is 0.300. The van der Waals surface area contributed by atoms with Gasteiger partial charge in [0.25, 0.3) is 0 Å². The molecule has 0 fully saturated rings. The molecule has 82 valence electrons. The Labute approximate surface area is 87.9 Å². The lowest BCUT2D eigenvalue weighted by Crippen LogP contribution is -2.25. The summed E-state index contributed by atoms with van der Waals surface area (Å²) in [5, 5.41) is 0. The number of hydrogen-bond donors (Lipinski definition) is 1. The van der Waals surface area contributed by atoms with Gasteiger partial charge >= 0.3 is 6.09 Å². The van der Waals surface area contributed by atoms with Crippen LogP contribution in [-0.4, -0.2) is 26.4 Å². The Bertz CT molecular complexity index is 289. The normalized spacial score (nSPS) is 9.40. The van der Waals surface area contributed by atoms with Crippen LogP contribution in [0.25, 0.3) is 0 Å². The largest absolute Gasteiger partial charge is 0.491 e. The van der Waals surface area contributed by atoms with Crippen molar-refractivity contribution in [3.8, 4) is 5.75 Å². The third-order valence-corrected chi connectivity index (χ3v) is 1.54. The lowest BCUT2D eigenvalue weighted by atomic mass is 10.3. The van der Waals surface area contributed by atoms with Crippen molar-refractivity contribution in [3.63, 3.8) is 0 Å². The van der Waals surface area contributed by atoms with Gasteiger partial charge in [-0.15, -0.1) is 0 Å².